The van der Waals surface area contributed by atoms with Crippen LogP contribution in [0.5, 0.6) is 11.5 Å². The molecule has 1 atom stereocenters. The molecule has 2 heterocycles. The summed E-state index contributed by atoms with van der Waals surface area (Å²) in [6.07, 6.45) is 5.53. The number of hydrogen-bond acceptors (Lipinski definition) is 8. The van der Waals surface area contributed by atoms with E-state index in [1.165, 1.54) is 20.4 Å². The van der Waals surface area contributed by atoms with Crippen LogP contribution in [-0.2, 0) is 16.6 Å². The topological polar surface area (TPSA) is 93.7 Å². The maximum Gasteiger partial charge on any atom is 0.269 e. The average Bonchev–Trinajstić information content (AvgIpc) is 3.46. The Balaban J connectivity index is 1.71. The third kappa shape index (κ3) is 5.85. The van der Waals surface area contributed by atoms with Gasteiger partial charge in [-0.05, 0) is 42.3 Å². The fourth-order valence-electron chi connectivity index (χ4n) is 3.88. The molecule has 0 spiro atoms. The van der Waals surface area contributed by atoms with Crippen LogP contribution in [0, 0.1) is 5.82 Å². The molecule has 2 aromatic carbocycles. The number of aromatic nitrogens is 2. The van der Waals surface area contributed by atoms with Crippen molar-refractivity contribution in [3.8, 4) is 11.5 Å². The molecule has 0 radical (unpaired) electrons. The van der Waals surface area contributed by atoms with Crippen molar-refractivity contribution in [1.29, 1.82) is 0 Å². The van der Waals surface area contributed by atoms with Crippen molar-refractivity contribution in [3.63, 3.8) is 0 Å². The van der Waals surface area contributed by atoms with Gasteiger partial charge in [-0.2, -0.15) is 0 Å². The highest BCUT2D eigenvalue weighted by molar-refractivity contribution is 7.93. The van der Waals surface area contributed by atoms with Crippen LogP contribution in [0.15, 0.2) is 71.3 Å². The zero-order chi connectivity index (χ0) is 27.3. The Labute approximate surface area is 230 Å². The summed E-state index contributed by atoms with van der Waals surface area (Å²) >= 11 is 7.60. The number of nitrogens with zero attached hydrogens (tertiary/aromatic N) is 3. The van der Waals surface area contributed by atoms with Gasteiger partial charge in [0.15, 0.2) is 5.13 Å². The van der Waals surface area contributed by atoms with E-state index in [0.717, 1.165) is 33.3 Å². The highest BCUT2D eigenvalue weighted by Crippen LogP contribution is 2.36. The third-order valence-electron chi connectivity index (χ3n) is 5.86. The number of rotatable bonds is 11. The molecule has 1 N–H and O–H groups in total. The summed E-state index contributed by atoms with van der Waals surface area (Å²) in [6.45, 7) is 1.81. The number of halogens is 2. The third-order valence-corrected chi connectivity index (χ3v) is 8.83. The Morgan fingerprint density at radius 1 is 1.16 bits per heavy atom. The molecule has 1 unspecified atom stereocenters. The van der Waals surface area contributed by atoms with E-state index in [2.05, 4.69) is 15.3 Å². The number of thiazole rings is 1. The highest BCUT2D eigenvalue weighted by Gasteiger charge is 2.32. The minimum absolute atomic E-state index is 0.0634. The van der Waals surface area contributed by atoms with E-state index in [1.54, 1.807) is 36.0 Å². The van der Waals surface area contributed by atoms with Crippen LogP contribution in [0.4, 0.5) is 15.2 Å². The number of benzene rings is 2. The quantitative estimate of drug-likeness (QED) is 0.224. The van der Waals surface area contributed by atoms with E-state index in [-0.39, 0.29) is 28.4 Å². The van der Waals surface area contributed by atoms with Crippen molar-refractivity contribution in [3.05, 3.63) is 88.4 Å². The van der Waals surface area contributed by atoms with E-state index in [1.807, 2.05) is 19.1 Å². The average molecular weight is 577 g/mol. The molecule has 0 fully saturated rings. The molecule has 0 saturated heterocycles. The molecular formula is C26H26ClFN4O4S2. The normalized spacial score (nSPS) is 12.1. The Morgan fingerprint density at radius 3 is 2.61 bits per heavy atom. The summed E-state index contributed by atoms with van der Waals surface area (Å²) in [5.74, 6) is 0.0215. The van der Waals surface area contributed by atoms with Crippen LogP contribution >= 0.6 is 22.9 Å². The van der Waals surface area contributed by atoms with Gasteiger partial charge < -0.3 is 14.8 Å². The molecule has 200 valence electrons. The van der Waals surface area contributed by atoms with E-state index < -0.39 is 20.7 Å². The van der Waals surface area contributed by atoms with Crippen molar-refractivity contribution in [1.82, 2.24) is 9.97 Å². The molecular weight excluding hydrogens is 551 g/mol. The first-order valence-corrected chi connectivity index (χ1v) is 14.3. The van der Waals surface area contributed by atoms with Crippen molar-refractivity contribution < 1.29 is 22.3 Å². The Hall–Kier alpha value is -3.41. The zero-order valence-electron chi connectivity index (χ0n) is 20.9. The van der Waals surface area contributed by atoms with Gasteiger partial charge in [-0.25, -0.2) is 22.1 Å². The molecule has 8 nitrogen and oxygen atoms in total. The standard InChI is InChI=1S/C26H26ClFN4O4S2/c1-4-22(17-6-5-9-29-15-17)31-23-14-21(28)25(13-20(23)27)38(33,34)32(26-30-10-11-37-26)16-18-7-8-19(35-2)12-24(18)36-3/h5-15,22,31H,4,16H2,1-3H3. The van der Waals surface area contributed by atoms with Gasteiger partial charge in [-0.1, -0.05) is 24.6 Å². The second kappa shape index (κ2) is 12.0. The molecule has 2 aromatic heterocycles. The van der Waals surface area contributed by atoms with Crippen molar-refractivity contribution >= 4 is 43.8 Å². The molecule has 4 aromatic rings. The SMILES string of the molecule is CCC(Nc1cc(F)c(S(=O)(=O)N(Cc2ccc(OC)cc2OC)c2nccs2)cc1Cl)c1cccnc1. The minimum Gasteiger partial charge on any atom is -0.497 e. The molecule has 0 aliphatic rings. The summed E-state index contributed by atoms with van der Waals surface area (Å²) in [7, 11) is -1.43. The Bertz CT molecular complexity index is 1490. The van der Waals surface area contributed by atoms with Gasteiger partial charge in [0.25, 0.3) is 10.0 Å². The second-order valence-electron chi connectivity index (χ2n) is 8.16. The lowest BCUT2D eigenvalue weighted by Crippen LogP contribution is -2.31. The van der Waals surface area contributed by atoms with E-state index >= 15 is 4.39 Å². The summed E-state index contributed by atoms with van der Waals surface area (Å²) in [6, 6.07) is 10.8. The predicted molar refractivity (Wildman–Crippen MR) is 147 cm³/mol. The molecule has 0 amide bonds. The van der Waals surface area contributed by atoms with Gasteiger partial charge in [0.05, 0.1) is 37.5 Å². The first-order chi connectivity index (χ1) is 18.3. The first-order valence-electron chi connectivity index (χ1n) is 11.6. The lowest BCUT2D eigenvalue weighted by Gasteiger charge is -2.24. The van der Waals surface area contributed by atoms with Crippen LogP contribution in [0.2, 0.25) is 5.02 Å². The van der Waals surface area contributed by atoms with Crippen LogP contribution in [0.3, 0.4) is 0 Å². The van der Waals surface area contributed by atoms with Crippen molar-refractivity contribution in [2.24, 2.45) is 0 Å². The first kappa shape index (κ1) is 27.6. The molecule has 0 aliphatic carbocycles. The van der Waals surface area contributed by atoms with Crippen LogP contribution in [0.1, 0.15) is 30.5 Å². The zero-order valence-corrected chi connectivity index (χ0v) is 23.3. The lowest BCUT2D eigenvalue weighted by atomic mass is 10.1. The van der Waals surface area contributed by atoms with Gasteiger partial charge >= 0.3 is 0 Å². The smallest absolute Gasteiger partial charge is 0.269 e. The number of nitrogens with one attached hydrogen (secondary N) is 1. The number of anilines is 2. The molecule has 0 bridgehead atoms. The number of pyridine rings is 1. The summed E-state index contributed by atoms with van der Waals surface area (Å²) < 4.78 is 54.9. The van der Waals surface area contributed by atoms with Gasteiger partial charge in [0.1, 0.15) is 22.2 Å². The van der Waals surface area contributed by atoms with Crippen LogP contribution in [0.25, 0.3) is 0 Å². The largest absolute Gasteiger partial charge is 0.497 e. The Kier molecular flexibility index (Phi) is 8.70. The van der Waals surface area contributed by atoms with Crippen LogP contribution in [-0.4, -0.2) is 32.6 Å². The number of methoxy groups -OCH3 is 2. The minimum atomic E-state index is -4.42. The van der Waals surface area contributed by atoms with Gasteiger partial charge in [0, 0.05) is 35.6 Å². The fraction of sp³-hybridized carbons (Fsp3) is 0.231. The number of sulfonamides is 1. The monoisotopic (exact) mass is 576 g/mol. The molecule has 0 aliphatic heterocycles. The maximum atomic E-state index is 15.5. The Morgan fingerprint density at radius 2 is 1.97 bits per heavy atom. The van der Waals surface area contributed by atoms with Gasteiger partial charge in [-0.3, -0.25) is 4.98 Å². The second-order valence-corrected chi connectivity index (χ2v) is 11.3. The molecule has 0 saturated carbocycles. The summed E-state index contributed by atoms with van der Waals surface area (Å²) in [5, 5.41) is 5.07. The van der Waals surface area contributed by atoms with Crippen molar-refractivity contribution in [2.45, 2.75) is 30.8 Å². The summed E-state index contributed by atoms with van der Waals surface area (Å²) in [5.41, 5.74) is 1.71. The van der Waals surface area contributed by atoms with E-state index in [4.69, 9.17) is 21.1 Å². The van der Waals surface area contributed by atoms with Crippen LogP contribution < -0.4 is 19.1 Å². The summed E-state index contributed by atoms with van der Waals surface area (Å²) in [4.78, 5) is 7.74. The van der Waals surface area contributed by atoms with E-state index in [0.29, 0.717) is 23.5 Å². The van der Waals surface area contributed by atoms with Gasteiger partial charge in [-0.15, -0.1) is 11.3 Å². The fourth-order valence-corrected chi connectivity index (χ4v) is 6.50. The number of hydrogen-bond donors (Lipinski definition) is 1. The molecule has 4 rings (SSSR count). The van der Waals surface area contributed by atoms with Crippen molar-refractivity contribution in [2.75, 3.05) is 23.8 Å². The predicted octanol–water partition coefficient (Wildman–Crippen LogP) is 6.31. The molecule has 38 heavy (non-hydrogen) atoms. The maximum absolute atomic E-state index is 15.5. The highest BCUT2D eigenvalue weighted by atomic mass is 35.5. The van der Waals surface area contributed by atoms with Gasteiger partial charge in [0.2, 0.25) is 0 Å². The van der Waals surface area contributed by atoms with E-state index in [9.17, 15) is 8.42 Å². The lowest BCUT2D eigenvalue weighted by molar-refractivity contribution is 0.391. The number of ether oxygens (including phenoxy) is 2. The molecule has 12 heteroatoms.